The van der Waals surface area contributed by atoms with E-state index < -0.39 is 0 Å². The molecule has 0 saturated carbocycles. The summed E-state index contributed by atoms with van der Waals surface area (Å²) in [4.78, 5) is 12.7. The number of carbonyl (C=O) groups is 1. The normalized spacial score (nSPS) is 18.5. The van der Waals surface area contributed by atoms with Crippen LogP contribution in [0.1, 0.15) is 41.0 Å². The number of aromatic nitrogens is 1. The lowest BCUT2D eigenvalue weighted by Gasteiger charge is -2.20. The highest BCUT2D eigenvalue weighted by molar-refractivity contribution is 5.95. The number of nitrogens with one attached hydrogen (secondary N) is 1. The fourth-order valence-electron chi connectivity index (χ4n) is 3.88. The molecular weight excluding hydrogens is 344 g/mol. The Labute approximate surface area is 159 Å². The molecule has 0 aliphatic carbocycles. The van der Waals surface area contributed by atoms with E-state index >= 15 is 0 Å². The lowest BCUT2D eigenvalue weighted by atomic mass is 10.2. The summed E-state index contributed by atoms with van der Waals surface area (Å²) in [5.41, 5.74) is 3.59. The van der Waals surface area contributed by atoms with Crippen molar-refractivity contribution in [3.05, 3.63) is 41.2 Å². The molecule has 6 nitrogen and oxygen atoms in total. The summed E-state index contributed by atoms with van der Waals surface area (Å²) >= 11 is 0. The van der Waals surface area contributed by atoms with Gasteiger partial charge in [-0.25, -0.2) is 0 Å². The van der Waals surface area contributed by atoms with Crippen molar-refractivity contribution >= 4 is 5.91 Å². The van der Waals surface area contributed by atoms with Gasteiger partial charge in [-0.3, -0.25) is 4.79 Å². The molecule has 0 bridgehead atoms. The van der Waals surface area contributed by atoms with Crippen LogP contribution in [0.15, 0.2) is 24.3 Å². The molecule has 6 heteroatoms. The van der Waals surface area contributed by atoms with Gasteiger partial charge in [0.2, 0.25) is 0 Å². The van der Waals surface area contributed by atoms with Crippen LogP contribution in [0.2, 0.25) is 0 Å². The first-order valence-corrected chi connectivity index (χ1v) is 9.62. The Balaban J connectivity index is 1.50. The van der Waals surface area contributed by atoms with Gasteiger partial charge in [0.05, 0.1) is 11.7 Å². The second kappa shape index (κ2) is 7.64. The van der Waals surface area contributed by atoms with E-state index in [1.807, 2.05) is 38.1 Å². The van der Waals surface area contributed by atoms with Crippen LogP contribution >= 0.6 is 0 Å². The minimum atomic E-state index is -0.0371. The van der Waals surface area contributed by atoms with Crippen LogP contribution in [0.4, 0.5) is 0 Å². The standard InChI is InChI=1S/C21H26N2O4/c1-14-12-18(21(24)22-8-7-17-4-3-9-25-17)15(2)23(14)16-5-6-19-20(13-16)27-11-10-26-19/h5-6,12-13,17H,3-4,7-11H2,1-2H3,(H,22,24)/t17-/m1/s1. The van der Waals surface area contributed by atoms with Crippen molar-refractivity contribution in [1.82, 2.24) is 9.88 Å². The number of nitrogens with zero attached hydrogens (tertiary/aromatic N) is 1. The van der Waals surface area contributed by atoms with Crippen LogP contribution in [-0.2, 0) is 4.74 Å². The molecule has 0 radical (unpaired) electrons. The van der Waals surface area contributed by atoms with Crippen molar-refractivity contribution in [2.75, 3.05) is 26.4 Å². The van der Waals surface area contributed by atoms with Crippen LogP contribution in [-0.4, -0.2) is 42.9 Å². The monoisotopic (exact) mass is 370 g/mol. The Bertz CT molecular complexity index is 837. The van der Waals surface area contributed by atoms with Gasteiger partial charge >= 0.3 is 0 Å². The van der Waals surface area contributed by atoms with Crippen molar-refractivity contribution in [2.24, 2.45) is 0 Å². The number of carbonyl (C=O) groups excluding carboxylic acids is 1. The fourth-order valence-corrected chi connectivity index (χ4v) is 3.88. The predicted octanol–water partition coefficient (Wildman–Crippen LogP) is 3.16. The van der Waals surface area contributed by atoms with E-state index in [4.69, 9.17) is 14.2 Å². The van der Waals surface area contributed by atoms with Crippen molar-refractivity contribution in [3.63, 3.8) is 0 Å². The third-order valence-corrected chi connectivity index (χ3v) is 5.24. The SMILES string of the molecule is Cc1cc(C(=O)NCC[C@H]2CCCO2)c(C)n1-c1ccc2c(c1)OCCO2. The number of ether oxygens (including phenoxy) is 3. The van der Waals surface area contributed by atoms with Gasteiger partial charge < -0.3 is 24.1 Å². The molecule has 1 atom stereocenters. The van der Waals surface area contributed by atoms with E-state index in [9.17, 15) is 4.79 Å². The molecule has 1 N–H and O–H groups in total. The number of rotatable bonds is 5. The molecule has 1 fully saturated rings. The maximum Gasteiger partial charge on any atom is 0.253 e. The zero-order valence-corrected chi connectivity index (χ0v) is 15.9. The molecular formula is C21H26N2O4. The van der Waals surface area contributed by atoms with Gasteiger partial charge in [0.25, 0.3) is 5.91 Å². The summed E-state index contributed by atoms with van der Waals surface area (Å²) < 4.78 is 19.0. The highest BCUT2D eigenvalue weighted by Gasteiger charge is 2.20. The average Bonchev–Trinajstić information content (AvgIpc) is 3.29. The Morgan fingerprint density at radius 2 is 1.96 bits per heavy atom. The van der Waals surface area contributed by atoms with Gasteiger partial charge in [-0.1, -0.05) is 0 Å². The summed E-state index contributed by atoms with van der Waals surface area (Å²) in [6, 6.07) is 7.82. The quantitative estimate of drug-likeness (QED) is 0.878. The number of fused-ring (bicyclic) bond motifs is 1. The number of benzene rings is 1. The highest BCUT2D eigenvalue weighted by atomic mass is 16.6. The van der Waals surface area contributed by atoms with Crippen LogP contribution in [0.5, 0.6) is 11.5 Å². The molecule has 3 heterocycles. The van der Waals surface area contributed by atoms with Crippen molar-refractivity contribution in [3.8, 4) is 17.2 Å². The number of amides is 1. The first kappa shape index (κ1) is 17.9. The van der Waals surface area contributed by atoms with Crippen LogP contribution < -0.4 is 14.8 Å². The summed E-state index contributed by atoms with van der Waals surface area (Å²) in [7, 11) is 0. The van der Waals surface area contributed by atoms with Gasteiger partial charge in [-0.05, 0) is 51.3 Å². The topological polar surface area (TPSA) is 61.7 Å². The van der Waals surface area contributed by atoms with E-state index in [0.29, 0.717) is 25.3 Å². The Morgan fingerprint density at radius 1 is 1.15 bits per heavy atom. The van der Waals surface area contributed by atoms with Gasteiger partial charge in [0, 0.05) is 36.3 Å². The lowest BCUT2D eigenvalue weighted by Crippen LogP contribution is -2.27. The second-order valence-electron chi connectivity index (χ2n) is 7.13. The van der Waals surface area contributed by atoms with E-state index in [2.05, 4.69) is 9.88 Å². The summed E-state index contributed by atoms with van der Waals surface area (Å²) in [5, 5.41) is 3.03. The Morgan fingerprint density at radius 3 is 2.74 bits per heavy atom. The molecule has 2 aliphatic rings. The number of hydrogen-bond acceptors (Lipinski definition) is 4. The zero-order valence-electron chi connectivity index (χ0n) is 15.9. The Hall–Kier alpha value is -2.47. The minimum Gasteiger partial charge on any atom is -0.486 e. The lowest BCUT2D eigenvalue weighted by molar-refractivity contribution is 0.0906. The third kappa shape index (κ3) is 3.67. The Kier molecular flexibility index (Phi) is 5.07. The molecule has 0 spiro atoms. The molecule has 27 heavy (non-hydrogen) atoms. The molecule has 1 aromatic heterocycles. The van der Waals surface area contributed by atoms with Crippen molar-refractivity contribution in [2.45, 2.75) is 39.2 Å². The molecule has 1 aromatic carbocycles. The highest BCUT2D eigenvalue weighted by Crippen LogP contribution is 2.33. The summed E-state index contributed by atoms with van der Waals surface area (Å²) in [5.74, 6) is 1.47. The number of aryl methyl sites for hydroxylation is 1. The summed E-state index contributed by atoms with van der Waals surface area (Å²) in [6.07, 6.45) is 3.37. The zero-order chi connectivity index (χ0) is 18.8. The number of hydrogen-bond donors (Lipinski definition) is 1. The molecule has 1 saturated heterocycles. The van der Waals surface area contributed by atoms with Crippen molar-refractivity contribution in [1.29, 1.82) is 0 Å². The third-order valence-electron chi connectivity index (χ3n) is 5.24. The van der Waals surface area contributed by atoms with Crippen LogP contribution in [0, 0.1) is 13.8 Å². The minimum absolute atomic E-state index is 0.0371. The van der Waals surface area contributed by atoms with E-state index in [0.717, 1.165) is 54.4 Å². The van der Waals surface area contributed by atoms with Crippen molar-refractivity contribution < 1.29 is 19.0 Å². The van der Waals surface area contributed by atoms with Gasteiger partial charge in [0.1, 0.15) is 13.2 Å². The first-order chi connectivity index (χ1) is 13.1. The largest absolute Gasteiger partial charge is 0.486 e. The van der Waals surface area contributed by atoms with E-state index in [1.54, 1.807) is 0 Å². The smallest absolute Gasteiger partial charge is 0.253 e. The van der Waals surface area contributed by atoms with Crippen LogP contribution in [0.3, 0.4) is 0 Å². The van der Waals surface area contributed by atoms with E-state index in [1.165, 1.54) is 0 Å². The van der Waals surface area contributed by atoms with Gasteiger partial charge in [0.15, 0.2) is 11.5 Å². The fraction of sp³-hybridized carbons (Fsp3) is 0.476. The summed E-state index contributed by atoms with van der Waals surface area (Å²) in [6.45, 7) is 6.58. The second-order valence-corrected chi connectivity index (χ2v) is 7.13. The predicted molar refractivity (Wildman–Crippen MR) is 102 cm³/mol. The van der Waals surface area contributed by atoms with Gasteiger partial charge in [-0.2, -0.15) is 0 Å². The maximum atomic E-state index is 12.7. The maximum absolute atomic E-state index is 12.7. The molecule has 1 amide bonds. The average molecular weight is 370 g/mol. The van der Waals surface area contributed by atoms with Crippen LogP contribution in [0.25, 0.3) is 5.69 Å². The molecule has 0 unspecified atom stereocenters. The van der Waals surface area contributed by atoms with E-state index in [-0.39, 0.29) is 12.0 Å². The van der Waals surface area contributed by atoms with Gasteiger partial charge in [-0.15, -0.1) is 0 Å². The first-order valence-electron chi connectivity index (χ1n) is 9.62. The molecule has 2 aliphatic heterocycles. The molecule has 144 valence electrons. The molecule has 2 aromatic rings. The molecule has 4 rings (SSSR count).